The van der Waals surface area contributed by atoms with Gasteiger partial charge >= 0.3 is 0 Å². The van der Waals surface area contributed by atoms with Gasteiger partial charge in [0.15, 0.2) is 0 Å². The molecule has 3 heterocycles. The lowest BCUT2D eigenvalue weighted by Crippen LogP contribution is -2.21. The normalized spacial score (nSPS) is 16.5. The van der Waals surface area contributed by atoms with Crippen LogP contribution in [0, 0.1) is 0 Å². The SMILES string of the molecule is CCC[N+]1C=CC(=C2C=CN(CCCCCCCCN3c4ccccc4Sc4ccccc43)C=C2)C=C1. The molecular weight excluding hydrogens is 470 g/mol. The summed E-state index contributed by atoms with van der Waals surface area (Å²) in [5, 5.41) is 0. The average molecular weight is 510 g/mol. The van der Waals surface area contributed by atoms with Gasteiger partial charge in [-0.1, -0.05) is 68.6 Å². The van der Waals surface area contributed by atoms with E-state index in [0.717, 1.165) is 26.1 Å². The van der Waals surface area contributed by atoms with Crippen LogP contribution in [0.1, 0.15) is 51.9 Å². The first-order valence-corrected chi connectivity index (χ1v) is 14.8. The highest BCUT2D eigenvalue weighted by Crippen LogP contribution is 2.47. The number of benzene rings is 2. The summed E-state index contributed by atoms with van der Waals surface area (Å²) in [5.41, 5.74) is 5.30. The van der Waals surface area contributed by atoms with Crippen molar-refractivity contribution in [3.63, 3.8) is 0 Å². The third kappa shape index (κ3) is 6.68. The molecule has 3 nitrogen and oxygen atoms in total. The van der Waals surface area contributed by atoms with Gasteiger partial charge in [-0.15, -0.1) is 4.90 Å². The molecule has 1 radical (unpaired) electrons. The van der Waals surface area contributed by atoms with Crippen molar-refractivity contribution < 1.29 is 0 Å². The quantitative estimate of drug-likeness (QED) is 0.222. The smallest absolute Gasteiger partial charge is 0.150 e. The zero-order chi connectivity index (χ0) is 25.3. The number of hydrogen-bond donors (Lipinski definition) is 0. The van der Waals surface area contributed by atoms with Crippen LogP contribution >= 0.6 is 11.8 Å². The third-order valence-corrected chi connectivity index (χ3v) is 8.31. The minimum absolute atomic E-state index is 1.08. The Labute approximate surface area is 227 Å². The molecule has 0 aliphatic carbocycles. The molecule has 5 rings (SSSR count). The molecule has 0 aromatic heterocycles. The lowest BCUT2D eigenvalue weighted by molar-refractivity contribution is 0.463. The Hall–Kier alpha value is -2.95. The van der Waals surface area contributed by atoms with Crippen LogP contribution in [0.4, 0.5) is 11.4 Å². The summed E-state index contributed by atoms with van der Waals surface area (Å²) in [7, 11) is 0. The Morgan fingerprint density at radius 2 is 1.19 bits per heavy atom. The second kappa shape index (κ2) is 13.0. The largest absolute Gasteiger partial charge is 0.354 e. The van der Waals surface area contributed by atoms with Gasteiger partial charge in [0.1, 0.15) is 18.9 Å². The zero-order valence-electron chi connectivity index (χ0n) is 22.1. The first-order valence-electron chi connectivity index (χ1n) is 13.9. The summed E-state index contributed by atoms with van der Waals surface area (Å²) < 4.78 is 0. The molecule has 37 heavy (non-hydrogen) atoms. The number of rotatable bonds is 11. The highest BCUT2D eigenvalue weighted by atomic mass is 32.2. The maximum Gasteiger partial charge on any atom is 0.150 e. The van der Waals surface area contributed by atoms with Gasteiger partial charge in [-0.25, -0.2) is 0 Å². The molecule has 0 fully saturated rings. The van der Waals surface area contributed by atoms with Crippen LogP contribution in [0.2, 0.25) is 0 Å². The standard InChI is InChI=1S/C33H39N3S/c1-2-21-34-24-17-28(18-25-34)29-19-26-35(27-20-29)22-11-5-3-4-6-12-23-36-30-13-7-9-15-32(30)37-33-16-10-8-14-31(33)36/h7-10,13-20,24-27H,2-6,11-12,21-23H2,1H3/q+1. The van der Waals surface area contributed by atoms with Gasteiger partial charge in [0, 0.05) is 47.4 Å². The van der Waals surface area contributed by atoms with Gasteiger partial charge in [0.25, 0.3) is 0 Å². The summed E-state index contributed by atoms with van der Waals surface area (Å²) in [5.74, 6) is 0. The van der Waals surface area contributed by atoms with Gasteiger partial charge in [0.2, 0.25) is 0 Å². The fraction of sp³-hybridized carbons (Fsp3) is 0.333. The van der Waals surface area contributed by atoms with E-state index in [1.165, 1.54) is 70.8 Å². The van der Waals surface area contributed by atoms with Crippen LogP contribution in [0.25, 0.3) is 0 Å². The molecule has 0 bridgehead atoms. The fourth-order valence-electron chi connectivity index (χ4n) is 5.15. The first-order chi connectivity index (χ1) is 18.3. The minimum atomic E-state index is 1.08. The number of unbranched alkanes of at least 4 members (excludes halogenated alkanes) is 5. The monoisotopic (exact) mass is 509 g/mol. The lowest BCUT2D eigenvalue weighted by atomic mass is 10.0. The summed E-state index contributed by atoms with van der Waals surface area (Å²) >= 11 is 1.89. The summed E-state index contributed by atoms with van der Waals surface area (Å²) in [6.45, 7) is 5.49. The van der Waals surface area contributed by atoms with Crippen molar-refractivity contribution in [2.24, 2.45) is 0 Å². The highest BCUT2D eigenvalue weighted by molar-refractivity contribution is 7.99. The Morgan fingerprint density at radius 3 is 1.81 bits per heavy atom. The Kier molecular flexibility index (Phi) is 9.04. The Bertz CT molecular complexity index is 1130. The van der Waals surface area contributed by atoms with Gasteiger partial charge in [-0.05, 0) is 66.8 Å². The van der Waals surface area contributed by atoms with Crippen molar-refractivity contribution in [2.75, 3.05) is 24.5 Å². The van der Waals surface area contributed by atoms with E-state index < -0.39 is 0 Å². The molecule has 3 aliphatic heterocycles. The lowest BCUT2D eigenvalue weighted by Gasteiger charge is -2.32. The van der Waals surface area contributed by atoms with E-state index in [0.29, 0.717) is 0 Å². The van der Waals surface area contributed by atoms with Gasteiger partial charge < -0.3 is 9.80 Å². The molecule has 2 aromatic rings. The van der Waals surface area contributed by atoms with Crippen LogP contribution in [0.5, 0.6) is 0 Å². The summed E-state index contributed by atoms with van der Waals surface area (Å²) in [6, 6.07) is 17.7. The van der Waals surface area contributed by atoms with E-state index in [1.54, 1.807) is 0 Å². The van der Waals surface area contributed by atoms with Crippen LogP contribution in [0.15, 0.2) is 119 Å². The van der Waals surface area contributed by atoms with E-state index in [2.05, 4.69) is 119 Å². The predicted molar refractivity (Wildman–Crippen MR) is 159 cm³/mol. The maximum atomic E-state index is 2.53. The van der Waals surface area contributed by atoms with Crippen molar-refractivity contribution in [1.29, 1.82) is 0 Å². The molecule has 3 aliphatic rings. The second-order valence-electron chi connectivity index (χ2n) is 9.96. The van der Waals surface area contributed by atoms with E-state index in [9.17, 15) is 0 Å². The second-order valence-corrected chi connectivity index (χ2v) is 11.0. The van der Waals surface area contributed by atoms with Crippen molar-refractivity contribution in [3.05, 3.63) is 109 Å². The molecule has 0 spiro atoms. The van der Waals surface area contributed by atoms with Crippen LogP contribution in [-0.2, 0) is 0 Å². The molecule has 0 N–H and O–H groups in total. The number of hydrogen-bond acceptors (Lipinski definition) is 4. The van der Waals surface area contributed by atoms with Crippen molar-refractivity contribution in [1.82, 2.24) is 9.80 Å². The van der Waals surface area contributed by atoms with Crippen molar-refractivity contribution in [2.45, 2.75) is 61.7 Å². The first kappa shape index (κ1) is 25.7. The molecule has 0 amide bonds. The van der Waals surface area contributed by atoms with Crippen LogP contribution < -0.4 is 9.80 Å². The topological polar surface area (TPSA) is 12.4 Å². The molecule has 0 saturated carbocycles. The Balaban J connectivity index is 0.992. The van der Waals surface area contributed by atoms with Crippen molar-refractivity contribution >= 4 is 23.1 Å². The molecular formula is C33H39N3S+. The molecule has 4 heteroatoms. The van der Waals surface area contributed by atoms with E-state index >= 15 is 0 Å². The molecule has 191 valence electrons. The van der Waals surface area contributed by atoms with E-state index in [1.807, 2.05) is 11.8 Å². The fourth-order valence-corrected chi connectivity index (χ4v) is 6.25. The number of anilines is 2. The van der Waals surface area contributed by atoms with Crippen molar-refractivity contribution in [3.8, 4) is 0 Å². The molecule has 0 saturated heterocycles. The number of fused-ring (bicyclic) bond motifs is 2. The molecule has 0 atom stereocenters. The van der Waals surface area contributed by atoms with Gasteiger partial charge in [-0.2, -0.15) is 0 Å². The van der Waals surface area contributed by atoms with Crippen LogP contribution in [-0.4, -0.2) is 24.5 Å². The van der Waals surface area contributed by atoms with E-state index in [-0.39, 0.29) is 0 Å². The maximum absolute atomic E-state index is 2.53. The van der Waals surface area contributed by atoms with Gasteiger partial charge in [-0.3, -0.25) is 0 Å². The number of para-hydroxylation sites is 2. The Morgan fingerprint density at radius 1 is 0.649 bits per heavy atom. The van der Waals surface area contributed by atoms with E-state index in [4.69, 9.17) is 0 Å². The number of nitrogens with zero attached hydrogens (tertiary/aromatic N) is 3. The average Bonchev–Trinajstić information content (AvgIpc) is 2.95. The minimum Gasteiger partial charge on any atom is -0.354 e. The summed E-state index contributed by atoms with van der Waals surface area (Å²) in [6.07, 6.45) is 26.6. The highest BCUT2D eigenvalue weighted by Gasteiger charge is 2.22. The molecule has 0 unspecified atom stereocenters. The zero-order valence-corrected chi connectivity index (χ0v) is 22.9. The van der Waals surface area contributed by atoms with Gasteiger partial charge in [0.05, 0.1) is 11.4 Å². The number of allylic oxidation sites excluding steroid dienone is 6. The molecule has 2 aromatic carbocycles. The predicted octanol–water partition coefficient (Wildman–Crippen LogP) is 8.86. The van der Waals surface area contributed by atoms with Crippen LogP contribution in [0.3, 0.4) is 0 Å². The summed E-state index contributed by atoms with van der Waals surface area (Å²) in [4.78, 5) is 9.84. The third-order valence-electron chi connectivity index (χ3n) is 7.18.